The van der Waals surface area contributed by atoms with E-state index in [-0.39, 0.29) is 24.3 Å². The number of hydrogen-bond donors (Lipinski definition) is 0. The van der Waals surface area contributed by atoms with E-state index < -0.39 is 0 Å². The summed E-state index contributed by atoms with van der Waals surface area (Å²) in [4.78, 5) is 22.9. The number of halogens is 2. The zero-order valence-electron chi connectivity index (χ0n) is 19.8. The van der Waals surface area contributed by atoms with Gasteiger partial charge in [0.1, 0.15) is 11.5 Å². The van der Waals surface area contributed by atoms with Gasteiger partial charge in [-0.2, -0.15) is 0 Å². The normalized spacial score (nSPS) is 10.9. The minimum absolute atomic E-state index is 0.244. The zero-order valence-corrected chi connectivity index (χ0v) is 23.0. The lowest BCUT2D eigenvalue weighted by molar-refractivity contribution is -0.142. The number of carbonyl (C=O) groups excluding carboxylic acids is 2. The van der Waals surface area contributed by atoms with Gasteiger partial charge in [-0.05, 0) is 66.8 Å². The van der Waals surface area contributed by atoms with Crippen molar-refractivity contribution in [3.63, 3.8) is 0 Å². The Labute approximate surface area is 212 Å². The van der Waals surface area contributed by atoms with Gasteiger partial charge in [0.05, 0.1) is 40.8 Å². The van der Waals surface area contributed by atoms with E-state index in [1.165, 1.54) is 14.2 Å². The molecular formula is C25H30Br2O6. The molecule has 0 saturated carbocycles. The van der Waals surface area contributed by atoms with Crippen molar-refractivity contribution < 1.29 is 28.5 Å². The number of carbonyl (C=O) groups is 2. The third kappa shape index (κ3) is 8.19. The molecule has 2 rings (SSSR count). The summed E-state index contributed by atoms with van der Waals surface area (Å²) in [5.41, 5.74) is 3.75. The molecule has 0 aliphatic carbocycles. The third-order valence-corrected chi connectivity index (χ3v) is 6.33. The van der Waals surface area contributed by atoms with E-state index in [9.17, 15) is 9.59 Å². The highest BCUT2D eigenvalue weighted by molar-refractivity contribution is 9.10. The molecular weight excluding hydrogens is 556 g/mol. The lowest BCUT2D eigenvalue weighted by atomic mass is 9.94. The van der Waals surface area contributed by atoms with Crippen LogP contribution in [0.3, 0.4) is 0 Å². The van der Waals surface area contributed by atoms with Crippen LogP contribution < -0.4 is 9.47 Å². The molecule has 0 fully saturated rings. The van der Waals surface area contributed by atoms with Crippen molar-refractivity contribution in [1.82, 2.24) is 0 Å². The minimum atomic E-state index is -0.364. The molecule has 0 aliphatic heterocycles. The van der Waals surface area contributed by atoms with Gasteiger partial charge in [-0.1, -0.05) is 37.9 Å². The lowest BCUT2D eigenvalue weighted by Crippen LogP contribution is -2.14. The van der Waals surface area contributed by atoms with E-state index in [4.69, 9.17) is 14.2 Å². The second kappa shape index (κ2) is 14.1. The van der Waals surface area contributed by atoms with Crippen molar-refractivity contribution in [3.8, 4) is 11.5 Å². The van der Waals surface area contributed by atoms with Crippen molar-refractivity contribution in [1.29, 1.82) is 0 Å². The first-order valence-corrected chi connectivity index (χ1v) is 11.6. The van der Waals surface area contributed by atoms with Crippen LogP contribution in [0.5, 0.6) is 11.5 Å². The first kappa shape index (κ1) is 28.7. The Morgan fingerprint density at radius 1 is 0.909 bits per heavy atom. The lowest BCUT2D eigenvalue weighted by Gasteiger charge is -2.17. The summed E-state index contributed by atoms with van der Waals surface area (Å²) >= 11 is 6.89. The predicted octanol–water partition coefficient (Wildman–Crippen LogP) is 6.08. The highest BCUT2D eigenvalue weighted by Crippen LogP contribution is 2.34. The largest absolute Gasteiger partial charge is 0.496 e. The molecule has 0 bridgehead atoms. The summed E-state index contributed by atoms with van der Waals surface area (Å²) in [6, 6.07) is 7.57. The Morgan fingerprint density at radius 2 is 1.45 bits per heavy atom. The molecule has 0 amide bonds. The summed E-state index contributed by atoms with van der Waals surface area (Å²) < 4.78 is 21.7. The van der Waals surface area contributed by atoms with Gasteiger partial charge in [-0.3, -0.25) is 9.59 Å². The fourth-order valence-corrected chi connectivity index (χ4v) is 4.42. The molecule has 6 nitrogen and oxygen atoms in total. The van der Waals surface area contributed by atoms with E-state index in [1.54, 1.807) is 20.3 Å². The van der Waals surface area contributed by atoms with Crippen LogP contribution in [0.2, 0.25) is 0 Å². The summed E-state index contributed by atoms with van der Waals surface area (Å²) in [6.07, 6.45) is 2.48. The number of methoxy groups -OCH3 is 4. The Balaban J connectivity index is 0.000000335. The molecule has 2 aromatic rings. The Hall–Kier alpha value is -2.32. The van der Waals surface area contributed by atoms with Crippen LogP contribution in [0.1, 0.15) is 34.6 Å². The van der Waals surface area contributed by atoms with Crippen LogP contribution in [0, 0.1) is 13.8 Å². The Morgan fingerprint density at radius 3 is 1.94 bits per heavy atom. The van der Waals surface area contributed by atoms with Gasteiger partial charge < -0.3 is 18.9 Å². The molecule has 1 atom stereocenters. The number of ether oxygens (including phenoxy) is 4. The monoisotopic (exact) mass is 584 g/mol. The molecule has 0 aromatic heterocycles. The molecule has 0 N–H and O–H groups in total. The minimum Gasteiger partial charge on any atom is -0.496 e. The Bertz CT molecular complexity index is 987. The van der Waals surface area contributed by atoms with Crippen LogP contribution in [0.25, 0.3) is 0 Å². The van der Waals surface area contributed by atoms with Crippen molar-refractivity contribution >= 4 is 43.8 Å². The summed E-state index contributed by atoms with van der Waals surface area (Å²) in [5.74, 6) is 0.628. The van der Waals surface area contributed by atoms with Crippen LogP contribution >= 0.6 is 31.9 Å². The standard InChI is InChI=1S/C14H17BrO3.C11H13BrO3/c1-5-6-10(14(16)18-4)11-8-13(17-3)9(2)7-12(11)15;1-7-4-9(12)8(5-10(7)14-2)6-11(13)15-3/h5,7-8,10H,1,6H2,2-4H3;4-5H,6H2,1-3H3. The van der Waals surface area contributed by atoms with E-state index in [0.717, 1.165) is 42.7 Å². The van der Waals surface area contributed by atoms with Gasteiger partial charge >= 0.3 is 11.9 Å². The van der Waals surface area contributed by atoms with E-state index >= 15 is 0 Å². The van der Waals surface area contributed by atoms with Crippen LogP contribution in [-0.2, 0) is 25.5 Å². The zero-order chi connectivity index (χ0) is 25.1. The molecule has 0 radical (unpaired) electrons. The van der Waals surface area contributed by atoms with Crippen LogP contribution in [-0.4, -0.2) is 40.4 Å². The Kier molecular flexibility index (Phi) is 12.2. The second-order valence-electron chi connectivity index (χ2n) is 7.11. The van der Waals surface area contributed by atoms with Gasteiger partial charge in [0.2, 0.25) is 0 Å². The molecule has 0 aliphatic rings. The van der Waals surface area contributed by atoms with Crippen molar-refractivity contribution in [3.05, 3.63) is 68.1 Å². The smallest absolute Gasteiger partial charge is 0.313 e. The number of aryl methyl sites for hydroxylation is 2. The number of rotatable bonds is 8. The maximum atomic E-state index is 11.8. The summed E-state index contributed by atoms with van der Waals surface area (Å²) in [6.45, 7) is 7.58. The summed E-state index contributed by atoms with van der Waals surface area (Å²) in [5, 5.41) is 0. The quantitative estimate of drug-likeness (QED) is 0.276. The fourth-order valence-electron chi connectivity index (χ4n) is 3.09. The molecule has 2 aromatic carbocycles. The molecule has 180 valence electrons. The van der Waals surface area contributed by atoms with Gasteiger partial charge in [0, 0.05) is 8.95 Å². The van der Waals surface area contributed by atoms with Gasteiger partial charge in [0.15, 0.2) is 0 Å². The average Bonchev–Trinajstić information content (AvgIpc) is 2.79. The first-order chi connectivity index (χ1) is 15.6. The topological polar surface area (TPSA) is 71.1 Å². The SMILES string of the molecule is C=CCC(C(=O)OC)c1cc(OC)c(C)cc1Br.COC(=O)Cc1cc(OC)c(C)cc1Br. The fraction of sp³-hybridized carbons (Fsp3) is 0.360. The molecule has 8 heteroatoms. The molecule has 0 saturated heterocycles. The van der Waals surface area contributed by atoms with E-state index in [2.05, 4.69) is 43.2 Å². The maximum absolute atomic E-state index is 11.8. The van der Waals surface area contributed by atoms with Crippen LogP contribution in [0.15, 0.2) is 45.9 Å². The third-order valence-electron chi connectivity index (χ3n) is 4.90. The average molecular weight is 586 g/mol. The molecule has 0 spiro atoms. The van der Waals surface area contributed by atoms with Crippen molar-refractivity contribution in [2.24, 2.45) is 0 Å². The number of hydrogen-bond acceptors (Lipinski definition) is 6. The number of esters is 2. The van der Waals surface area contributed by atoms with E-state index in [0.29, 0.717) is 6.42 Å². The van der Waals surface area contributed by atoms with Gasteiger partial charge in [0.25, 0.3) is 0 Å². The molecule has 33 heavy (non-hydrogen) atoms. The second-order valence-corrected chi connectivity index (χ2v) is 8.82. The molecule has 0 heterocycles. The maximum Gasteiger partial charge on any atom is 0.313 e. The van der Waals surface area contributed by atoms with E-state index in [1.807, 2.05) is 38.1 Å². The molecule has 1 unspecified atom stereocenters. The highest BCUT2D eigenvalue weighted by Gasteiger charge is 2.23. The van der Waals surface area contributed by atoms with Gasteiger partial charge in [-0.15, -0.1) is 6.58 Å². The summed E-state index contributed by atoms with van der Waals surface area (Å²) in [7, 11) is 5.98. The van der Waals surface area contributed by atoms with Crippen molar-refractivity contribution in [2.75, 3.05) is 28.4 Å². The number of allylic oxidation sites excluding steroid dienone is 1. The number of benzene rings is 2. The highest BCUT2D eigenvalue weighted by atomic mass is 79.9. The predicted molar refractivity (Wildman–Crippen MR) is 136 cm³/mol. The first-order valence-electron chi connectivity index (χ1n) is 10.1. The van der Waals surface area contributed by atoms with Crippen molar-refractivity contribution in [2.45, 2.75) is 32.6 Å². The van der Waals surface area contributed by atoms with Gasteiger partial charge in [-0.25, -0.2) is 0 Å². The van der Waals surface area contributed by atoms with Crippen LogP contribution in [0.4, 0.5) is 0 Å².